The van der Waals surface area contributed by atoms with Crippen LogP contribution in [0.2, 0.25) is 0 Å². The minimum atomic E-state index is -0.681. The number of rotatable bonds is 18. The molecule has 0 aliphatic carbocycles. The molecule has 0 saturated carbocycles. The van der Waals surface area contributed by atoms with Crippen LogP contribution in [-0.2, 0) is 19.2 Å². The van der Waals surface area contributed by atoms with Crippen LogP contribution >= 0.6 is 0 Å². The predicted octanol–water partition coefficient (Wildman–Crippen LogP) is -0.699. The summed E-state index contributed by atoms with van der Waals surface area (Å²) in [6.45, 7) is 1.05. The van der Waals surface area contributed by atoms with Crippen LogP contribution in [0.1, 0.15) is 64.2 Å². The number of unbranched alkanes of at least 4 members (excludes halogenated alkanes) is 2. The van der Waals surface area contributed by atoms with E-state index in [1.807, 2.05) is 0 Å². The van der Waals surface area contributed by atoms with Crippen LogP contribution < -0.4 is 33.6 Å². The zero-order valence-electron chi connectivity index (χ0n) is 17.7. The van der Waals surface area contributed by atoms with Gasteiger partial charge < -0.3 is 33.6 Å². The second kappa shape index (κ2) is 17.4. The SMILES string of the molecule is NCCCC[C@H](NC(=O)CC/C=C/CCC(=O)N[C@@H](CCCCN)C(N)=O)C(N)=O. The normalized spacial score (nSPS) is 13.0. The molecular formula is C20H38N6O4. The summed E-state index contributed by atoms with van der Waals surface area (Å²) in [5, 5.41) is 5.27. The quantitative estimate of drug-likeness (QED) is 0.124. The number of hydrogen-bond acceptors (Lipinski definition) is 6. The van der Waals surface area contributed by atoms with E-state index >= 15 is 0 Å². The van der Waals surface area contributed by atoms with Crippen LogP contribution in [0.25, 0.3) is 0 Å². The summed E-state index contributed by atoms with van der Waals surface area (Å²) in [7, 11) is 0. The molecule has 30 heavy (non-hydrogen) atoms. The standard InChI is InChI=1S/C20H38N6O4/c21-13-7-5-9-15(19(23)29)25-17(27)11-3-1-2-4-12-18(28)26-16(20(24)30)10-6-8-14-22/h1-2,15-16H,3-14,21-22H2,(H2,23,29)(H2,24,30)(H,25,27)(H,26,28)/b2-1+/t15-,16-/m0/s1. The third-order valence-electron chi connectivity index (χ3n) is 4.49. The first kappa shape index (κ1) is 27.5. The van der Waals surface area contributed by atoms with Gasteiger partial charge in [-0.3, -0.25) is 19.2 Å². The topological polar surface area (TPSA) is 196 Å². The van der Waals surface area contributed by atoms with Gasteiger partial charge in [-0.05, 0) is 64.5 Å². The highest BCUT2D eigenvalue weighted by atomic mass is 16.2. The first-order chi connectivity index (χ1) is 14.3. The second-order valence-electron chi connectivity index (χ2n) is 7.16. The highest BCUT2D eigenvalue weighted by Crippen LogP contribution is 2.03. The van der Waals surface area contributed by atoms with E-state index in [1.165, 1.54) is 0 Å². The Morgan fingerprint density at radius 2 is 1.03 bits per heavy atom. The van der Waals surface area contributed by atoms with Gasteiger partial charge in [0.25, 0.3) is 0 Å². The number of nitrogens with two attached hydrogens (primary N) is 4. The highest BCUT2D eigenvalue weighted by Gasteiger charge is 2.17. The maximum absolute atomic E-state index is 11.9. The van der Waals surface area contributed by atoms with Crippen molar-refractivity contribution >= 4 is 23.6 Å². The van der Waals surface area contributed by atoms with E-state index in [4.69, 9.17) is 22.9 Å². The molecule has 0 saturated heterocycles. The summed E-state index contributed by atoms with van der Waals surface area (Å²) in [6, 6.07) is -1.36. The molecule has 0 aromatic heterocycles. The summed E-state index contributed by atoms with van der Waals surface area (Å²) in [6.07, 6.45) is 8.90. The van der Waals surface area contributed by atoms with Crippen molar-refractivity contribution in [2.24, 2.45) is 22.9 Å². The van der Waals surface area contributed by atoms with Crippen LogP contribution in [0.4, 0.5) is 0 Å². The van der Waals surface area contributed by atoms with Crippen LogP contribution in [0, 0.1) is 0 Å². The van der Waals surface area contributed by atoms with Gasteiger partial charge >= 0.3 is 0 Å². The monoisotopic (exact) mass is 426 g/mol. The van der Waals surface area contributed by atoms with E-state index in [0.717, 1.165) is 25.7 Å². The van der Waals surface area contributed by atoms with Gasteiger partial charge in [0.2, 0.25) is 23.6 Å². The average molecular weight is 427 g/mol. The lowest BCUT2D eigenvalue weighted by Crippen LogP contribution is -2.44. The van der Waals surface area contributed by atoms with Crippen LogP contribution in [0.15, 0.2) is 12.2 Å². The number of carbonyl (C=O) groups excluding carboxylic acids is 4. The van der Waals surface area contributed by atoms with E-state index in [9.17, 15) is 19.2 Å². The van der Waals surface area contributed by atoms with Gasteiger partial charge in [-0.1, -0.05) is 12.2 Å². The Labute approximate surface area is 178 Å². The summed E-state index contributed by atoms with van der Waals surface area (Å²) < 4.78 is 0. The fraction of sp³-hybridized carbons (Fsp3) is 0.700. The summed E-state index contributed by atoms with van der Waals surface area (Å²) >= 11 is 0. The van der Waals surface area contributed by atoms with Gasteiger partial charge in [-0.15, -0.1) is 0 Å². The van der Waals surface area contributed by atoms with Crippen molar-refractivity contribution in [2.75, 3.05) is 13.1 Å². The first-order valence-corrected chi connectivity index (χ1v) is 10.5. The molecule has 0 unspecified atom stereocenters. The molecule has 0 bridgehead atoms. The fourth-order valence-electron chi connectivity index (χ4n) is 2.75. The molecule has 0 heterocycles. The molecule has 4 amide bonds. The Morgan fingerprint density at radius 1 is 0.667 bits per heavy atom. The van der Waals surface area contributed by atoms with Gasteiger partial charge in [0.15, 0.2) is 0 Å². The van der Waals surface area contributed by atoms with E-state index < -0.39 is 23.9 Å². The fourth-order valence-corrected chi connectivity index (χ4v) is 2.75. The summed E-state index contributed by atoms with van der Waals surface area (Å²) in [5.74, 6) is -1.62. The highest BCUT2D eigenvalue weighted by molar-refractivity contribution is 5.87. The Morgan fingerprint density at radius 3 is 1.33 bits per heavy atom. The molecule has 0 aromatic carbocycles. The number of primary amides is 2. The molecule has 2 atom stereocenters. The van der Waals surface area contributed by atoms with Crippen LogP contribution in [0.3, 0.4) is 0 Å². The number of carbonyl (C=O) groups is 4. The number of hydrogen-bond donors (Lipinski definition) is 6. The maximum Gasteiger partial charge on any atom is 0.239 e. The number of nitrogens with one attached hydrogen (secondary N) is 2. The van der Waals surface area contributed by atoms with Crippen LogP contribution in [-0.4, -0.2) is 48.8 Å². The largest absolute Gasteiger partial charge is 0.368 e. The summed E-state index contributed by atoms with van der Waals surface area (Å²) in [5.41, 5.74) is 21.4. The zero-order valence-corrected chi connectivity index (χ0v) is 17.7. The van der Waals surface area contributed by atoms with Crippen molar-refractivity contribution < 1.29 is 19.2 Å². The lowest BCUT2D eigenvalue weighted by molar-refractivity contribution is -0.127. The van der Waals surface area contributed by atoms with E-state index in [0.29, 0.717) is 38.8 Å². The van der Waals surface area contributed by atoms with Crippen molar-refractivity contribution in [3.8, 4) is 0 Å². The molecule has 0 aromatic rings. The molecular weight excluding hydrogens is 388 g/mol. The van der Waals surface area contributed by atoms with Crippen LogP contribution in [0.5, 0.6) is 0 Å². The third-order valence-corrected chi connectivity index (χ3v) is 4.49. The second-order valence-corrected chi connectivity index (χ2v) is 7.16. The molecule has 0 aliphatic heterocycles. The van der Waals surface area contributed by atoms with Crippen molar-refractivity contribution in [2.45, 2.75) is 76.3 Å². The minimum absolute atomic E-state index is 0.217. The lowest BCUT2D eigenvalue weighted by atomic mass is 10.1. The first-order valence-electron chi connectivity index (χ1n) is 10.5. The van der Waals surface area contributed by atoms with Crippen molar-refractivity contribution in [3.63, 3.8) is 0 Å². The molecule has 0 spiro atoms. The Hall–Kier alpha value is -2.46. The molecule has 10 heteroatoms. The number of allylic oxidation sites excluding steroid dienone is 2. The maximum atomic E-state index is 11.9. The van der Waals surface area contributed by atoms with Gasteiger partial charge in [-0.2, -0.15) is 0 Å². The van der Waals surface area contributed by atoms with Gasteiger partial charge in [0.1, 0.15) is 12.1 Å². The third kappa shape index (κ3) is 14.5. The molecule has 0 fully saturated rings. The Kier molecular flexibility index (Phi) is 16.0. The van der Waals surface area contributed by atoms with E-state index in [-0.39, 0.29) is 24.7 Å². The van der Waals surface area contributed by atoms with Gasteiger partial charge in [0, 0.05) is 12.8 Å². The number of amides is 4. The van der Waals surface area contributed by atoms with E-state index in [1.54, 1.807) is 12.2 Å². The van der Waals surface area contributed by atoms with Crippen molar-refractivity contribution in [1.82, 2.24) is 10.6 Å². The minimum Gasteiger partial charge on any atom is -0.368 e. The molecule has 172 valence electrons. The zero-order chi connectivity index (χ0) is 22.8. The summed E-state index contributed by atoms with van der Waals surface area (Å²) in [4.78, 5) is 46.6. The van der Waals surface area contributed by atoms with Crippen molar-refractivity contribution in [3.05, 3.63) is 12.2 Å². The molecule has 10 nitrogen and oxygen atoms in total. The van der Waals surface area contributed by atoms with Gasteiger partial charge in [-0.25, -0.2) is 0 Å². The lowest BCUT2D eigenvalue weighted by Gasteiger charge is -2.15. The molecule has 0 aliphatic rings. The van der Waals surface area contributed by atoms with Gasteiger partial charge in [0.05, 0.1) is 0 Å². The Balaban J connectivity index is 4.10. The van der Waals surface area contributed by atoms with E-state index in [2.05, 4.69) is 10.6 Å². The van der Waals surface area contributed by atoms with Crippen molar-refractivity contribution in [1.29, 1.82) is 0 Å². The smallest absolute Gasteiger partial charge is 0.239 e. The Bertz CT molecular complexity index is 519. The molecule has 0 radical (unpaired) electrons. The predicted molar refractivity (Wildman–Crippen MR) is 116 cm³/mol. The molecule has 10 N–H and O–H groups in total. The average Bonchev–Trinajstić information content (AvgIpc) is 2.69. The molecule has 0 rings (SSSR count).